The van der Waals surface area contributed by atoms with E-state index in [-0.39, 0.29) is 0 Å². The maximum atomic E-state index is 4.32. The van der Waals surface area contributed by atoms with Gasteiger partial charge in [-0.25, -0.2) is 9.97 Å². The third-order valence-electron chi connectivity index (χ3n) is 3.90. The van der Waals surface area contributed by atoms with Gasteiger partial charge in [-0.3, -0.25) is 0 Å². The van der Waals surface area contributed by atoms with Gasteiger partial charge in [-0.15, -0.1) is 6.58 Å². The highest BCUT2D eigenvalue weighted by Gasteiger charge is 2.28. The van der Waals surface area contributed by atoms with E-state index in [2.05, 4.69) is 29.5 Å². The first-order valence-electron chi connectivity index (χ1n) is 6.19. The molecule has 0 radical (unpaired) electrons. The minimum atomic E-state index is 0.683. The Balaban J connectivity index is 2.01. The number of hydrogen-bond donors (Lipinski definition) is 0. The number of allylic oxidation sites excluding steroid dienone is 1. The van der Waals surface area contributed by atoms with Gasteiger partial charge in [-0.1, -0.05) is 19.4 Å². The van der Waals surface area contributed by atoms with Crippen LogP contribution in [0.3, 0.4) is 0 Å². The van der Waals surface area contributed by atoms with Gasteiger partial charge < -0.3 is 0 Å². The van der Waals surface area contributed by atoms with Crippen molar-refractivity contribution in [2.45, 2.75) is 32.6 Å². The lowest BCUT2D eigenvalue weighted by Gasteiger charge is -2.34. The maximum Gasteiger partial charge on any atom is 0.128 e. The van der Waals surface area contributed by atoms with Gasteiger partial charge in [-0.05, 0) is 36.7 Å². The van der Waals surface area contributed by atoms with Gasteiger partial charge in [0, 0.05) is 18.8 Å². The summed E-state index contributed by atoms with van der Waals surface area (Å²) in [6.07, 6.45) is 10.7. The molecular weight excluding hydrogens is 196 g/mol. The summed E-state index contributed by atoms with van der Waals surface area (Å²) in [6, 6.07) is 1.88. The lowest BCUT2D eigenvalue weighted by Crippen LogP contribution is -2.26. The van der Waals surface area contributed by atoms with Gasteiger partial charge >= 0.3 is 0 Å². The SMILES string of the molecule is C=C[C@@H]1CCC[C@@H](Cc2ncccn2)[C@H]1C. The minimum Gasteiger partial charge on any atom is -0.241 e. The van der Waals surface area contributed by atoms with Crippen molar-refractivity contribution in [3.05, 3.63) is 36.9 Å². The molecule has 1 aliphatic carbocycles. The van der Waals surface area contributed by atoms with E-state index in [9.17, 15) is 0 Å². The number of aromatic nitrogens is 2. The van der Waals surface area contributed by atoms with Crippen LogP contribution in [0.2, 0.25) is 0 Å². The monoisotopic (exact) mass is 216 g/mol. The van der Waals surface area contributed by atoms with Crippen molar-refractivity contribution >= 4 is 0 Å². The highest BCUT2D eigenvalue weighted by atomic mass is 14.8. The molecule has 0 spiro atoms. The zero-order chi connectivity index (χ0) is 11.4. The molecule has 3 atom stereocenters. The summed E-state index contributed by atoms with van der Waals surface area (Å²) in [5, 5.41) is 0. The van der Waals surface area contributed by atoms with Crippen LogP contribution in [0.5, 0.6) is 0 Å². The van der Waals surface area contributed by atoms with Crippen LogP contribution in [0.25, 0.3) is 0 Å². The van der Waals surface area contributed by atoms with Gasteiger partial charge in [-0.2, -0.15) is 0 Å². The van der Waals surface area contributed by atoms with Crippen molar-refractivity contribution in [3.63, 3.8) is 0 Å². The summed E-state index contributed by atoms with van der Waals surface area (Å²) < 4.78 is 0. The number of rotatable bonds is 3. The normalized spacial score (nSPS) is 29.9. The van der Waals surface area contributed by atoms with Crippen LogP contribution in [-0.2, 0) is 6.42 Å². The fourth-order valence-corrected chi connectivity index (χ4v) is 2.78. The van der Waals surface area contributed by atoms with Crippen molar-refractivity contribution < 1.29 is 0 Å². The molecular formula is C14H20N2. The van der Waals surface area contributed by atoms with Crippen LogP contribution >= 0.6 is 0 Å². The summed E-state index contributed by atoms with van der Waals surface area (Å²) in [5.41, 5.74) is 0. The van der Waals surface area contributed by atoms with Gasteiger partial charge in [0.1, 0.15) is 5.82 Å². The summed E-state index contributed by atoms with van der Waals surface area (Å²) in [7, 11) is 0. The molecule has 0 amide bonds. The highest BCUT2D eigenvalue weighted by molar-refractivity contribution is 4.95. The van der Waals surface area contributed by atoms with E-state index in [1.54, 1.807) is 0 Å². The van der Waals surface area contributed by atoms with Gasteiger partial charge in [0.25, 0.3) is 0 Å². The van der Waals surface area contributed by atoms with Crippen LogP contribution < -0.4 is 0 Å². The molecule has 0 bridgehead atoms. The summed E-state index contributed by atoms with van der Waals surface area (Å²) >= 11 is 0. The average Bonchev–Trinajstić information content (AvgIpc) is 2.33. The fraction of sp³-hybridized carbons (Fsp3) is 0.571. The quantitative estimate of drug-likeness (QED) is 0.725. The first-order chi connectivity index (χ1) is 7.81. The fourth-order valence-electron chi connectivity index (χ4n) is 2.78. The molecule has 2 nitrogen and oxygen atoms in total. The second-order valence-corrected chi connectivity index (χ2v) is 4.82. The van der Waals surface area contributed by atoms with Crippen molar-refractivity contribution in [3.8, 4) is 0 Å². The Morgan fingerprint density at radius 3 is 2.81 bits per heavy atom. The van der Waals surface area contributed by atoms with Gasteiger partial charge in [0.2, 0.25) is 0 Å². The molecule has 0 N–H and O–H groups in total. The Hall–Kier alpha value is -1.18. The van der Waals surface area contributed by atoms with E-state index >= 15 is 0 Å². The summed E-state index contributed by atoms with van der Waals surface area (Å²) in [4.78, 5) is 8.64. The average molecular weight is 216 g/mol. The number of nitrogens with zero attached hydrogens (tertiary/aromatic N) is 2. The van der Waals surface area contributed by atoms with Crippen LogP contribution in [0.1, 0.15) is 32.0 Å². The first kappa shape index (κ1) is 11.3. The second-order valence-electron chi connectivity index (χ2n) is 4.82. The molecule has 0 saturated heterocycles. The first-order valence-corrected chi connectivity index (χ1v) is 6.19. The Kier molecular flexibility index (Phi) is 3.70. The van der Waals surface area contributed by atoms with Crippen molar-refractivity contribution in [1.29, 1.82) is 0 Å². The molecule has 0 aliphatic heterocycles. The topological polar surface area (TPSA) is 25.8 Å². The van der Waals surface area contributed by atoms with Crippen LogP contribution in [-0.4, -0.2) is 9.97 Å². The van der Waals surface area contributed by atoms with E-state index in [0.717, 1.165) is 24.1 Å². The minimum absolute atomic E-state index is 0.683. The van der Waals surface area contributed by atoms with E-state index in [1.807, 2.05) is 18.5 Å². The molecule has 2 heteroatoms. The maximum absolute atomic E-state index is 4.32. The lowest BCUT2D eigenvalue weighted by atomic mass is 9.72. The largest absolute Gasteiger partial charge is 0.241 e. The van der Waals surface area contributed by atoms with Crippen LogP contribution in [0.4, 0.5) is 0 Å². The Morgan fingerprint density at radius 1 is 1.38 bits per heavy atom. The van der Waals surface area contributed by atoms with Gasteiger partial charge in [0.15, 0.2) is 0 Å². The molecule has 1 saturated carbocycles. The molecule has 0 aromatic carbocycles. The zero-order valence-electron chi connectivity index (χ0n) is 9.97. The van der Waals surface area contributed by atoms with Crippen molar-refractivity contribution in [2.75, 3.05) is 0 Å². The predicted molar refractivity (Wildman–Crippen MR) is 65.9 cm³/mol. The van der Waals surface area contributed by atoms with Crippen LogP contribution in [0, 0.1) is 17.8 Å². The van der Waals surface area contributed by atoms with Crippen molar-refractivity contribution in [2.24, 2.45) is 17.8 Å². The van der Waals surface area contributed by atoms with E-state index in [0.29, 0.717) is 5.92 Å². The zero-order valence-corrected chi connectivity index (χ0v) is 9.97. The molecule has 1 aliphatic rings. The second kappa shape index (κ2) is 5.24. The molecule has 0 unspecified atom stereocenters. The number of hydrogen-bond acceptors (Lipinski definition) is 2. The molecule has 2 rings (SSSR count). The van der Waals surface area contributed by atoms with Gasteiger partial charge in [0.05, 0.1) is 0 Å². The Bertz CT molecular complexity index is 334. The van der Waals surface area contributed by atoms with Crippen molar-refractivity contribution in [1.82, 2.24) is 9.97 Å². The van der Waals surface area contributed by atoms with E-state index in [4.69, 9.17) is 0 Å². The molecule has 1 heterocycles. The Labute approximate surface area is 97.8 Å². The van der Waals surface area contributed by atoms with Crippen LogP contribution in [0.15, 0.2) is 31.1 Å². The lowest BCUT2D eigenvalue weighted by molar-refractivity contribution is 0.199. The summed E-state index contributed by atoms with van der Waals surface area (Å²) in [5.74, 6) is 3.11. The summed E-state index contributed by atoms with van der Waals surface area (Å²) in [6.45, 7) is 6.29. The predicted octanol–water partition coefficient (Wildman–Crippen LogP) is 3.26. The molecule has 86 valence electrons. The molecule has 1 aromatic heterocycles. The third kappa shape index (κ3) is 2.49. The standard InChI is InChI=1S/C14H20N2/c1-3-12-6-4-7-13(11(12)2)10-14-15-8-5-9-16-14/h3,5,8-9,11-13H,1,4,6-7,10H2,2H3/t11-,12+,13-/m0/s1. The third-order valence-corrected chi connectivity index (χ3v) is 3.90. The van der Waals surface area contributed by atoms with E-state index in [1.165, 1.54) is 19.3 Å². The smallest absolute Gasteiger partial charge is 0.128 e. The Morgan fingerprint density at radius 2 is 2.12 bits per heavy atom. The van der Waals surface area contributed by atoms with E-state index < -0.39 is 0 Å². The molecule has 1 aromatic rings. The molecule has 16 heavy (non-hydrogen) atoms. The molecule has 1 fully saturated rings. The highest BCUT2D eigenvalue weighted by Crippen LogP contribution is 2.36.